The van der Waals surface area contributed by atoms with Crippen LogP contribution < -0.4 is 10.6 Å². The third-order valence-electron chi connectivity index (χ3n) is 4.43. The molecule has 0 saturated heterocycles. The van der Waals surface area contributed by atoms with Gasteiger partial charge in [0.2, 0.25) is 0 Å². The molecule has 3 rings (SSSR count). The van der Waals surface area contributed by atoms with Gasteiger partial charge in [-0.05, 0) is 42.0 Å². The van der Waals surface area contributed by atoms with Gasteiger partial charge >= 0.3 is 6.03 Å². The average Bonchev–Trinajstić information content (AvgIpc) is 3.12. The fourth-order valence-electron chi connectivity index (χ4n) is 2.78. The summed E-state index contributed by atoms with van der Waals surface area (Å²) in [4.78, 5) is 12.3. The lowest BCUT2D eigenvalue weighted by molar-refractivity contribution is 0.251. The Morgan fingerprint density at radius 1 is 1.14 bits per heavy atom. The number of nitrogens with one attached hydrogen (secondary N) is 2. The van der Waals surface area contributed by atoms with Crippen molar-refractivity contribution in [1.82, 2.24) is 15.1 Å². The second kappa shape index (κ2) is 8.68. The molecule has 3 aromatic rings. The number of urea groups is 1. The van der Waals surface area contributed by atoms with Gasteiger partial charge in [-0.3, -0.25) is 0 Å². The van der Waals surface area contributed by atoms with E-state index >= 15 is 0 Å². The molecule has 0 spiro atoms. The summed E-state index contributed by atoms with van der Waals surface area (Å²) in [6, 6.07) is 16.2. The van der Waals surface area contributed by atoms with Crippen LogP contribution in [0.15, 0.2) is 54.6 Å². The fourth-order valence-corrected chi connectivity index (χ4v) is 2.97. The molecule has 0 aliphatic carbocycles. The molecular formula is C22H25ClN4O2. The van der Waals surface area contributed by atoms with E-state index in [1.54, 1.807) is 24.3 Å². The number of hydrogen-bond acceptors (Lipinski definition) is 3. The number of carbonyl (C=O) groups excluding carboxylic acids is 1. The summed E-state index contributed by atoms with van der Waals surface area (Å²) in [6.07, 6.45) is 0. The van der Waals surface area contributed by atoms with Gasteiger partial charge in [-0.15, -0.1) is 0 Å². The van der Waals surface area contributed by atoms with E-state index in [4.69, 9.17) is 21.8 Å². The van der Waals surface area contributed by atoms with E-state index < -0.39 is 0 Å². The van der Waals surface area contributed by atoms with Crippen molar-refractivity contribution in [3.63, 3.8) is 0 Å². The van der Waals surface area contributed by atoms with Crippen LogP contribution in [0, 0.1) is 0 Å². The average molecular weight is 413 g/mol. The number of aliphatic hydroxyl groups excluding tert-OH is 1. The van der Waals surface area contributed by atoms with Gasteiger partial charge in [-0.2, -0.15) is 5.10 Å². The van der Waals surface area contributed by atoms with Gasteiger partial charge in [-0.25, -0.2) is 9.48 Å². The van der Waals surface area contributed by atoms with Crippen LogP contribution in [0.3, 0.4) is 0 Å². The van der Waals surface area contributed by atoms with E-state index in [0.29, 0.717) is 17.3 Å². The zero-order chi connectivity index (χ0) is 21.0. The zero-order valence-electron chi connectivity index (χ0n) is 16.7. The fraction of sp³-hybridized carbons (Fsp3) is 0.273. The van der Waals surface area contributed by atoms with Crippen LogP contribution >= 0.6 is 11.6 Å². The van der Waals surface area contributed by atoms with Crippen LogP contribution in [-0.4, -0.2) is 20.9 Å². The number of rotatable bonds is 5. The highest BCUT2D eigenvalue weighted by molar-refractivity contribution is 6.30. The van der Waals surface area contributed by atoms with Crippen LogP contribution in [0.5, 0.6) is 0 Å². The molecule has 0 aliphatic rings. The molecule has 0 radical (unpaired) electrons. The van der Waals surface area contributed by atoms with Crippen LogP contribution in [0.25, 0.3) is 5.69 Å². The largest absolute Gasteiger partial charge is 0.392 e. The first-order valence-corrected chi connectivity index (χ1v) is 9.74. The van der Waals surface area contributed by atoms with E-state index in [-0.39, 0.29) is 18.1 Å². The minimum atomic E-state index is -0.321. The van der Waals surface area contributed by atoms with Gasteiger partial charge in [0.25, 0.3) is 0 Å². The molecule has 1 aromatic heterocycles. The second-order valence-electron chi connectivity index (χ2n) is 7.83. The van der Waals surface area contributed by atoms with E-state index in [1.165, 1.54) is 0 Å². The summed E-state index contributed by atoms with van der Waals surface area (Å²) in [7, 11) is 0. The van der Waals surface area contributed by atoms with E-state index in [1.807, 2.05) is 35.0 Å². The first kappa shape index (κ1) is 20.9. The van der Waals surface area contributed by atoms with E-state index in [9.17, 15) is 4.79 Å². The van der Waals surface area contributed by atoms with Gasteiger partial charge in [0, 0.05) is 16.1 Å². The maximum absolute atomic E-state index is 12.3. The highest BCUT2D eigenvalue weighted by Crippen LogP contribution is 2.24. The predicted molar refractivity (Wildman–Crippen MR) is 115 cm³/mol. The number of halogens is 1. The van der Waals surface area contributed by atoms with Crippen molar-refractivity contribution in [3.8, 4) is 5.69 Å². The minimum Gasteiger partial charge on any atom is -0.392 e. The smallest absolute Gasteiger partial charge is 0.319 e. The lowest BCUT2D eigenvalue weighted by Gasteiger charge is -2.14. The third-order valence-corrected chi connectivity index (χ3v) is 4.66. The molecule has 0 bridgehead atoms. The van der Waals surface area contributed by atoms with Crippen molar-refractivity contribution in [2.24, 2.45) is 0 Å². The van der Waals surface area contributed by atoms with Crippen molar-refractivity contribution >= 4 is 23.3 Å². The molecular weight excluding hydrogens is 388 g/mol. The maximum atomic E-state index is 12.3. The number of benzene rings is 2. The van der Waals surface area contributed by atoms with Crippen molar-refractivity contribution in [3.05, 3.63) is 76.6 Å². The first-order valence-electron chi connectivity index (χ1n) is 9.36. The van der Waals surface area contributed by atoms with Crippen LogP contribution in [0.4, 0.5) is 10.5 Å². The molecule has 1 heterocycles. The van der Waals surface area contributed by atoms with Gasteiger partial charge in [-0.1, -0.05) is 50.6 Å². The molecule has 7 heteroatoms. The van der Waals surface area contributed by atoms with Gasteiger partial charge in [0.15, 0.2) is 0 Å². The number of aliphatic hydroxyl groups is 1. The molecule has 0 fully saturated rings. The Labute approximate surface area is 175 Å². The Kier molecular flexibility index (Phi) is 6.25. The number of aromatic nitrogens is 2. The quantitative estimate of drug-likeness (QED) is 0.571. The van der Waals surface area contributed by atoms with Crippen LogP contribution in [0.1, 0.15) is 37.7 Å². The minimum absolute atomic E-state index is 0.0317. The lowest BCUT2D eigenvalue weighted by Crippen LogP contribution is -2.29. The second-order valence-corrected chi connectivity index (χ2v) is 8.26. The van der Waals surface area contributed by atoms with Crippen molar-refractivity contribution < 1.29 is 9.90 Å². The molecule has 152 valence electrons. The van der Waals surface area contributed by atoms with Crippen molar-refractivity contribution in [2.75, 3.05) is 5.32 Å². The molecule has 0 unspecified atom stereocenters. The standard InChI is InChI=1S/C22H25ClN4O2/c1-22(2,3)20-12-19(27(26-20)18-6-4-5-16(23)11-18)13-24-21(29)25-17-9-7-15(14-28)8-10-17/h4-12,28H,13-14H2,1-3H3,(H2,24,25,29). The number of nitrogens with zero attached hydrogens (tertiary/aromatic N) is 2. The molecule has 29 heavy (non-hydrogen) atoms. The summed E-state index contributed by atoms with van der Waals surface area (Å²) in [6.45, 7) is 6.55. The van der Waals surface area contributed by atoms with Crippen molar-refractivity contribution in [2.45, 2.75) is 39.3 Å². The Hall–Kier alpha value is -2.83. The summed E-state index contributed by atoms with van der Waals surface area (Å²) < 4.78 is 1.81. The SMILES string of the molecule is CC(C)(C)c1cc(CNC(=O)Nc2ccc(CO)cc2)n(-c2cccc(Cl)c2)n1. The Morgan fingerprint density at radius 3 is 2.48 bits per heavy atom. The Balaban J connectivity index is 1.76. The zero-order valence-corrected chi connectivity index (χ0v) is 17.5. The van der Waals surface area contributed by atoms with E-state index in [2.05, 4.69) is 31.4 Å². The molecule has 6 nitrogen and oxygen atoms in total. The van der Waals surface area contributed by atoms with E-state index in [0.717, 1.165) is 22.6 Å². The molecule has 0 aliphatic heterocycles. The molecule has 0 saturated carbocycles. The monoisotopic (exact) mass is 412 g/mol. The lowest BCUT2D eigenvalue weighted by atomic mass is 9.92. The van der Waals surface area contributed by atoms with Gasteiger partial charge < -0.3 is 15.7 Å². The first-order chi connectivity index (χ1) is 13.8. The highest BCUT2D eigenvalue weighted by Gasteiger charge is 2.21. The summed E-state index contributed by atoms with van der Waals surface area (Å²) >= 11 is 6.15. The maximum Gasteiger partial charge on any atom is 0.319 e. The normalized spacial score (nSPS) is 11.3. The molecule has 0 atom stereocenters. The Bertz CT molecular complexity index is 991. The summed E-state index contributed by atoms with van der Waals surface area (Å²) in [5.41, 5.74) is 3.92. The number of carbonyl (C=O) groups is 1. The van der Waals surface area contributed by atoms with Crippen LogP contribution in [-0.2, 0) is 18.6 Å². The molecule has 2 amide bonds. The predicted octanol–water partition coefficient (Wildman–Crippen LogP) is 4.64. The Morgan fingerprint density at radius 2 is 1.86 bits per heavy atom. The molecule has 3 N–H and O–H groups in total. The van der Waals surface area contributed by atoms with Gasteiger partial charge in [0.1, 0.15) is 0 Å². The third kappa shape index (κ3) is 5.37. The number of amides is 2. The topological polar surface area (TPSA) is 79.2 Å². The number of hydrogen-bond donors (Lipinski definition) is 3. The van der Waals surface area contributed by atoms with Crippen molar-refractivity contribution in [1.29, 1.82) is 0 Å². The number of anilines is 1. The van der Waals surface area contributed by atoms with Gasteiger partial charge in [0.05, 0.1) is 30.2 Å². The highest BCUT2D eigenvalue weighted by atomic mass is 35.5. The summed E-state index contributed by atoms with van der Waals surface area (Å²) in [5, 5.41) is 20.1. The summed E-state index contributed by atoms with van der Waals surface area (Å²) in [5.74, 6) is 0. The van der Waals surface area contributed by atoms with Crippen LogP contribution in [0.2, 0.25) is 5.02 Å². The molecule has 2 aromatic carbocycles.